The summed E-state index contributed by atoms with van der Waals surface area (Å²) < 4.78 is 10.5. The maximum absolute atomic E-state index is 13.5. The van der Waals surface area contributed by atoms with Crippen molar-refractivity contribution in [2.45, 2.75) is 44.7 Å². The molecule has 1 aliphatic rings. The number of carbonyl (C=O) groups is 1. The van der Waals surface area contributed by atoms with Crippen LogP contribution < -0.4 is 15.7 Å². The van der Waals surface area contributed by atoms with E-state index in [0.717, 1.165) is 18.5 Å². The van der Waals surface area contributed by atoms with Crippen LogP contribution in [0.25, 0.3) is 5.65 Å². The third kappa shape index (κ3) is 3.65. The van der Waals surface area contributed by atoms with Crippen LogP contribution in [0.5, 0.6) is 5.88 Å². The molecule has 3 aromatic heterocycles. The highest BCUT2D eigenvalue weighted by Crippen LogP contribution is 2.34. The molecule has 10 nitrogen and oxygen atoms in total. The fourth-order valence-corrected chi connectivity index (χ4v) is 4.47. The van der Waals surface area contributed by atoms with Gasteiger partial charge in [-0.25, -0.2) is 14.2 Å². The van der Waals surface area contributed by atoms with E-state index < -0.39 is 0 Å². The highest BCUT2D eigenvalue weighted by Gasteiger charge is 2.31. The zero-order valence-electron chi connectivity index (χ0n) is 18.9. The lowest BCUT2D eigenvalue weighted by Crippen LogP contribution is -2.35. The number of amides is 1. The average molecular weight is 440 g/mol. The molecule has 1 saturated carbocycles. The van der Waals surface area contributed by atoms with Gasteiger partial charge in [0.1, 0.15) is 5.69 Å². The Morgan fingerprint density at radius 1 is 1.38 bits per heavy atom. The summed E-state index contributed by atoms with van der Waals surface area (Å²) >= 11 is 0. The van der Waals surface area contributed by atoms with E-state index in [9.17, 15) is 9.59 Å². The van der Waals surface area contributed by atoms with Crippen LogP contribution in [-0.2, 0) is 18.3 Å². The van der Waals surface area contributed by atoms with Gasteiger partial charge in [-0.15, -0.1) is 5.10 Å². The normalized spacial score (nSPS) is 18.1. The molecule has 1 amide bonds. The van der Waals surface area contributed by atoms with Gasteiger partial charge in [-0.3, -0.25) is 14.0 Å². The minimum atomic E-state index is -0.124. The predicted octanol–water partition coefficient (Wildman–Crippen LogP) is 2.28. The smallest absolute Gasteiger partial charge is 0.334 e. The topological polar surface area (TPSA) is 98.7 Å². The maximum Gasteiger partial charge on any atom is 0.334 e. The summed E-state index contributed by atoms with van der Waals surface area (Å²) in [5, 5.41) is 7.64. The van der Waals surface area contributed by atoms with Gasteiger partial charge in [-0.2, -0.15) is 0 Å². The summed E-state index contributed by atoms with van der Waals surface area (Å²) in [7, 11) is 5.17. The lowest BCUT2D eigenvalue weighted by molar-refractivity contribution is -0.126. The zero-order chi connectivity index (χ0) is 23.0. The van der Waals surface area contributed by atoms with E-state index in [1.54, 1.807) is 38.9 Å². The van der Waals surface area contributed by atoms with Crippen molar-refractivity contribution in [3.63, 3.8) is 0 Å². The second-order valence-corrected chi connectivity index (χ2v) is 8.12. The number of aromatic nitrogens is 5. The van der Waals surface area contributed by atoms with E-state index >= 15 is 0 Å². The van der Waals surface area contributed by atoms with Crippen LogP contribution in [0.15, 0.2) is 36.0 Å². The SMILES string of the molecule is C=CC(=O)N(C)C1CCC(n2cc(Nc3cn(C)nc3OC)c3ncc(CC)n3c2=O)C1. The lowest BCUT2D eigenvalue weighted by Gasteiger charge is -2.24. The summed E-state index contributed by atoms with van der Waals surface area (Å²) in [5.74, 6) is 0.350. The van der Waals surface area contributed by atoms with Gasteiger partial charge in [-0.05, 0) is 31.8 Å². The summed E-state index contributed by atoms with van der Waals surface area (Å²) in [4.78, 5) is 31.7. The predicted molar refractivity (Wildman–Crippen MR) is 122 cm³/mol. The molecular weight excluding hydrogens is 410 g/mol. The van der Waals surface area contributed by atoms with Crippen molar-refractivity contribution in [2.24, 2.45) is 7.05 Å². The van der Waals surface area contributed by atoms with E-state index in [-0.39, 0.29) is 23.7 Å². The van der Waals surface area contributed by atoms with E-state index in [1.807, 2.05) is 26.4 Å². The molecule has 1 N–H and O–H groups in total. The minimum absolute atomic E-state index is 0.0274. The van der Waals surface area contributed by atoms with Crippen LogP contribution in [0.1, 0.15) is 37.9 Å². The molecule has 0 aromatic carbocycles. The molecule has 0 aliphatic heterocycles. The number of anilines is 2. The summed E-state index contributed by atoms with van der Waals surface area (Å²) in [5.41, 5.74) is 2.65. The molecule has 1 aliphatic carbocycles. The molecule has 0 radical (unpaired) electrons. The summed E-state index contributed by atoms with van der Waals surface area (Å²) in [6.45, 7) is 5.58. The molecule has 10 heteroatoms. The van der Waals surface area contributed by atoms with Gasteiger partial charge < -0.3 is 15.0 Å². The van der Waals surface area contributed by atoms with Gasteiger partial charge in [0.25, 0.3) is 5.88 Å². The van der Waals surface area contributed by atoms with E-state index in [2.05, 4.69) is 22.0 Å². The number of nitrogens with zero attached hydrogens (tertiary/aromatic N) is 6. The third-order valence-corrected chi connectivity index (χ3v) is 6.22. The highest BCUT2D eigenvalue weighted by atomic mass is 16.5. The second kappa shape index (κ2) is 8.52. The molecule has 2 atom stereocenters. The largest absolute Gasteiger partial charge is 0.478 e. The van der Waals surface area contributed by atoms with Crippen molar-refractivity contribution >= 4 is 22.9 Å². The number of nitrogens with one attached hydrogen (secondary N) is 1. The van der Waals surface area contributed by atoms with Crippen molar-refractivity contribution in [1.29, 1.82) is 0 Å². The van der Waals surface area contributed by atoms with Crippen molar-refractivity contribution in [3.05, 3.63) is 47.4 Å². The van der Waals surface area contributed by atoms with Crippen LogP contribution >= 0.6 is 0 Å². The van der Waals surface area contributed by atoms with Crippen LogP contribution in [0.4, 0.5) is 11.4 Å². The fourth-order valence-electron chi connectivity index (χ4n) is 4.47. The van der Waals surface area contributed by atoms with Gasteiger partial charge >= 0.3 is 5.69 Å². The highest BCUT2D eigenvalue weighted by molar-refractivity contribution is 5.87. The van der Waals surface area contributed by atoms with Crippen molar-refractivity contribution < 1.29 is 9.53 Å². The molecule has 3 heterocycles. The molecule has 2 unspecified atom stereocenters. The van der Waals surface area contributed by atoms with Crippen molar-refractivity contribution in [3.8, 4) is 5.88 Å². The number of hydrogen-bond donors (Lipinski definition) is 1. The molecule has 0 saturated heterocycles. The monoisotopic (exact) mass is 439 g/mol. The second-order valence-electron chi connectivity index (χ2n) is 8.12. The molecule has 1 fully saturated rings. The number of ether oxygens (including phenoxy) is 1. The Kier molecular flexibility index (Phi) is 5.77. The molecule has 3 aromatic rings. The van der Waals surface area contributed by atoms with E-state index in [0.29, 0.717) is 35.7 Å². The molecule has 170 valence electrons. The Morgan fingerprint density at radius 2 is 2.16 bits per heavy atom. The first kappa shape index (κ1) is 21.7. The number of hydrogen-bond acceptors (Lipinski definition) is 6. The lowest BCUT2D eigenvalue weighted by atomic mass is 10.2. The number of aryl methyl sites for hydroxylation is 2. The van der Waals surface area contributed by atoms with Gasteiger partial charge in [0.15, 0.2) is 5.65 Å². The third-order valence-electron chi connectivity index (χ3n) is 6.22. The van der Waals surface area contributed by atoms with Gasteiger partial charge in [0, 0.05) is 44.3 Å². The Labute approximate surface area is 186 Å². The number of imidazole rings is 1. The quantitative estimate of drug-likeness (QED) is 0.567. The van der Waals surface area contributed by atoms with Gasteiger partial charge in [-0.1, -0.05) is 13.5 Å². The molecule has 32 heavy (non-hydrogen) atoms. The molecular formula is C22H29N7O3. The summed E-state index contributed by atoms with van der Waals surface area (Å²) in [6.07, 6.45) is 9.71. The number of rotatable bonds is 7. The van der Waals surface area contributed by atoms with E-state index in [1.165, 1.54) is 6.08 Å². The van der Waals surface area contributed by atoms with E-state index in [4.69, 9.17) is 4.74 Å². The number of likely N-dealkylation sites (N-methyl/N-ethyl adjacent to an activating group) is 1. The Hall–Kier alpha value is -3.56. The molecule has 4 rings (SSSR count). The van der Waals surface area contributed by atoms with Crippen molar-refractivity contribution in [1.82, 2.24) is 28.6 Å². The fraction of sp³-hybridized carbons (Fsp3) is 0.455. The number of methoxy groups -OCH3 is 1. The van der Waals surface area contributed by atoms with Crippen LogP contribution in [0.2, 0.25) is 0 Å². The summed E-state index contributed by atoms with van der Waals surface area (Å²) in [6, 6.07) is 0.0387. The van der Waals surface area contributed by atoms with Crippen LogP contribution in [0, 0.1) is 0 Å². The number of carbonyl (C=O) groups excluding carboxylic acids is 1. The Balaban J connectivity index is 1.76. The van der Waals surface area contributed by atoms with Gasteiger partial charge in [0.2, 0.25) is 5.91 Å². The standard InChI is InChI=1S/C22H29N7O3/c1-6-14-11-23-20-17(24-18-12-26(3)25-21(18)32-5)13-28(22(31)29(14)20)16-9-8-15(10-16)27(4)19(30)7-2/h7,11-13,15-16,24H,2,6,8-10H2,1,3-5H3. The molecule has 0 spiro atoms. The van der Waals surface area contributed by atoms with Gasteiger partial charge in [0.05, 0.1) is 19.0 Å². The van der Waals surface area contributed by atoms with Crippen LogP contribution in [-0.4, -0.2) is 54.7 Å². The zero-order valence-corrected chi connectivity index (χ0v) is 18.9. The minimum Gasteiger partial charge on any atom is -0.478 e. The first-order valence-electron chi connectivity index (χ1n) is 10.7. The van der Waals surface area contributed by atoms with Crippen molar-refractivity contribution in [2.75, 3.05) is 19.5 Å². The maximum atomic E-state index is 13.5. The molecule has 0 bridgehead atoms. The average Bonchev–Trinajstić information content (AvgIpc) is 3.52. The first-order valence-corrected chi connectivity index (χ1v) is 10.7. The van der Waals surface area contributed by atoms with Crippen LogP contribution in [0.3, 0.4) is 0 Å². The Morgan fingerprint density at radius 3 is 2.84 bits per heavy atom. The first-order chi connectivity index (χ1) is 15.4. The number of fused-ring (bicyclic) bond motifs is 1. The Bertz CT molecular complexity index is 1220.